The van der Waals surface area contributed by atoms with Gasteiger partial charge in [-0.1, -0.05) is 32.3 Å². The Labute approximate surface area is 170 Å². The Kier molecular flexibility index (Phi) is 5.69. The van der Waals surface area contributed by atoms with Crippen molar-refractivity contribution in [1.29, 1.82) is 0 Å². The third kappa shape index (κ3) is 4.21. The van der Waals surface area contributed by atoms with Crippen LogP contribution in [0.25, 0.3) is 22.0 Å². The normalized spacial score (nSPS) is 15.9. The average molecular weight is 390 g/mol. The number of nitrogens with zero attached hydrogens (tertiary/aromatic N) is 3. The number of hydrogen-bond acceptors (Lipinski definition) is 4. The highest BCUT2D eigenvalue weighted by Crippen LogP contribution is 2.34. The van der Waals surface area contributed by atoms with Crippen LogP contribution in [0.2, 0.25) is 0 Å². The number of hydrogen-bond donors (Lipinski definition) is 2. The number of pyridine rings is 1. The maximum atomic E-state index is 11.5. The molecule has 0 radical (unpaired) electrons. The van der Waals surface area contributed by atoms with Crippen LogP contribution >= 0.6 is 0 Å². The number of amides is 1. The lowest BCUT2D eigenvalue weighted by Gasteiger charge is -2.29. The monoisotopic (exact) mass is 390 g/mol. The van der Waals surface area contributed by atoms with E-state index in [-0.39, 0.29) is 12.0 Å². The molecular formula is C23H26N4O2. The topological polar surface area (TPSA) is 88.0 Å². The molecule has 1 aromatic carbocycles. The first-order chi connectivity index (χ1) is 14.2. The molecule has 1 aliphatic rings. The van der Waals surface area contributed by atoms with Crippen LogP contribution in [-0.4, -0.2) is 26.2 Å². The third-order valence-electron chi connectivity index (χ3n) is 5.82. The van der Waals surface area contributed by atoms with E-state index in [1.165, 1.54) is 6.42 Å². The molecule has 29 heavy (non-hydrogen) atoms. The molecular weight excluding hydrogens is 364 g/mol. The number of nitrogens with one attached hydrogen (secondary N) is 1. The van der Waals surface area contributed by atoms with E-state index in [4.69, 9.17) is 9.97 Å². The summed E-state index contributed by atoms with van der Waals surface area (Å²) >= 11 is 0. The summed E-state index contributed by atoms with van der Waals surface area (Å²) in [6, 6.07) is 9.79. The van der Waals surface area contributed by atoms with E-state index >= 15 is 0 Å². The summed E-state index contributed by atoms with van der Waals surface area (Å²) in [6.45, 7) is 2.07. The van der Waals surface area contributed by atoms with E-state index in [9.17, 15) is 9.90 Å². The van der Waals surface area contributed by atoms with Gasteiger partial charge in [0.05, 0.1) is 17.3 Å². The highest BCUT2D eigenvalue weighted by molar-refractivity contribution is 5.86. The highest BCUT2D eigenvalue weighted by Gasteiger charge is 2.29. The van der Waals surface area contributed by atoms with Crippen molar-refractivity contribution in [1.82, 2.24) is 20.3 Å². The van der Waals surface area contributed by atoms with Gasteiger partial charge in [0.15, 0.2) is 5.82 Å². The van der Waals surface area contributed by atoms with Crippen LogP contribution in [0.3, 0.4) is 0 Å². The first kappa shape index (κ1) is 19.3. The fraction of sp³-hybridized carbons (Fsp3) is 0.391. The van der Waals surface area contributed by atoms with E-state index in [2.05, 4.69) is 23.3 Å². The lowest BCUT2D eigenvalue weighted by molar-refractivity contribution is 0.177. The van der Waals surface area contributed by atoms with Gasteiger partial charge in [0.1, 0.15) is 0 Å². The Balaban J connectivity index is 1.77. The number of fused-ring (bicyclic) bond motifs is 1. The van der Waals surface area contributed by atoms with Gasteiger partial charge in [-0.2, -0.15) is 0 Å². The Morgan fingerprint density at radius 3 is 2.55 bits per heavy atom. The molecule has 1 aliphatic carbocycles. The lowest BCUT2D eigenvalue weighted by Crippen LogP contribution is -2.34. The van der Waals surface area contributed by atoms with Crippen LogP contribution in [-0.2, 0) is 6.42 Å². The standard InChI is InChI=1S/C23H26N4O2/c1-2-19-18-14-17(15-10-12-24-13-11-15)8-9-20(18)26-22(25-19)21(27-23(28)29)16-6-4-3-5-7-16/h8-14,16,21,27H,2-7H2,1H3,(H,28,29). The molecule has 0 aliphatic heterocycles. The van der Waals surface area contributed by atoms with Crippen molar-refractivity contribution in [2.24, 2.45) is 5.92 Å². The molecule has 2 heterocycles. The minimum Gasteiger partial charge on any atom is -0.465 e. The SMILES string of the molecule is CCc1nc(C(NC(=O)O)C2CCCCC2)nc2ccc(-c3ccncc3)cc12. The second-order valence-electron chi connectivity index (χ2n) is 7.68. The second-order valence-corrected chi connectivity index (χ2v) is 7.68. The molecule has 1 unspecified atom stereocenters. The van der Waals surface area contributed by atoms with Crippen LogP contribution < -0.4 is 5.32 Å². The molecule has 1 amide bonds. The minimum absolute atomic E-state index is 0.248. The fourth-order valence-electron chi connectivity index (χ4n) is 4.34. The Morgan fingerprint density at radius 2 is 1.86 bits per heavy atom. The zero-order valence-corrected chi connectivity index (χ0v) is 16.6. The molecule has 6 nitrogen and oxygen atoms in total. The number of aromatic nitrogens is 3. The van der Waals surface area contributed by atoms with Crippen molar-refractivity contribution in [2.45, 2.75) is 51.5 Å². The average Bonchev–Trinajstić information content (AvgIpc) is 2.77. The molecule has 3 aromatic rings. The molecule has 1 atom stereocenters. The highest BCUT2D eigenvalue weighted by atomic mass is 16.4. The predicted octanol–water partition coefficient (Wildman–Crippen LogP) is 5.14. The van der Waals surface area contributed by atoms with E-state index in [1.54, 1.807) is 12.4 Å². The molecule has 4 rings (SSSR count). The van der Waals surface area contributed by atoms with E-state index in [0.717, 1.165) is 59.8 Å². The van der Waals surface area contributed by atoms with Crippen LogP contribution in [0, 0.1) is 5.92 Å². The van der Waals surface area contributed by atoms with E-state index < -0.39 is 6.09 Å². The quantitative estimate of drug-likeness (QED) is 0.629. The van der Waals surface area contributed by atoms with E-state index in [0.29, 0.717) is 5.82 Å². The fourth-order valence-corrected chi connectivity index (χ4v) is 4.34. The van der Waals surface area contributed by atoms with Crippen molar-refractivity contribution in [3.05, 3.63) is 54.2 Å². The Bertz CT molecular complexity index is 1000. The molecule has 2 aromatic heterocycles. The van der Waals surface area contributed by atoms with Gasteiger partial charge < -0.3 is 10.4 Å². The molecule has 1 fully saturated rings. The molecule has 150 valence electrons. The molecule has 1 saturated carbocycles. The van der Waals surface area contributed by atoms with Crippen molar-refractivity contribution < 1.29 is 9.90 Å². The van der Waals surface area contributed by atoms with Crippen molar-refractivity contribution in [2.75, 3.05) is 0 Å². The Morgan fingerprint density at radius 1 is 1.10 bits per heavy atom. The van der Waals surface area contributed by atoms with Gasteiger partial charge in [0.2, 0.25) is 0 Å². The van der Waals surface area contributed by atoms with Crippen LogP contribution in [0.15, 0.2) is 42.7 Å². The van der Waals surface area contributed by atoms with Gasteiger partial charge >= 0.3 is 6.09 Å². The molecule has 6 heteroatoms. The number of carbonyl (C=O) groups is 1. The van der Waals surface area contributed by atoms with Gasteiger partial charge in [-0.15, -0.1) is 0 Å². The first-order valence-corrected chi connectivity index (χ1v) is 10.4. The summed E-state index contributed by atoms with van der Waals surface area (Å²) in [5.74, 6) is 0.846. The molecule has 0 bridgehead atoms. The summed E-state index contributed by atoms with van der Waals surface area (Å²) in [5.41, 5.74) is 4.01. The van der Waals surface area contributed by atoms with E-state index in [1.807, 2.05) is 24.3 Å². The maximum absolute atomic E-state index is 11.5. The Hall–Kier alpha value is -3.02. The number of benzene rings is 1. The maximum Gasteiger partial charge on any atom is 0.405 e. The summed E-state index contributed by atoms with van der Waals surface area (Å²) in [4.78, 5) is 25.2. The summed E-state index contributed by atoms with van der Waals surface area (Å²) in [5, 5.41) is 13.1. The number of rotatable bonds is 5. The van der Waals surface area contributed by atoms with Crippen LogP contribution in [0.4, 0.5) is 4.79 Å². The van der Waals surface area contributed by atoms with Crippen LogP contribution in [0.1, 0.15) is 56.6 Å². The predicted molar refractivity (Wildman–Crippen MR) is 113 cm³/mol. The number of aryl methyl sites for hydroxylation is 1. The van der Waals surface area contributed by atoms with Gasteiger partial charge in [0, 0.05) is 17.8 Å². The third-order valence-corrected chi connectivity index (χ3v) is 5.82. The second kappa shape index (κ2) is 8.55. The summed E-state index contributed by atoms with van der Waals surface area (Å²) < 4.78 is 0. The first-order valence-electron chi connectivity index (χ1n) is 10.4. The van der Waals surface area contributed by atoms with Crippen molar-refractivity contribution in [3.63, 3.8) is 0 Å². The van der Waals surface area contributed by atoms with Crippen molar-refractivity contribution >= 4 is 17.0 Å². The summed E-state index contributed by atoms with van der Waals surface area (Å²) in [6.07, 6.45) is 8.80. The van der Waals surface area contributed by atoms with Gasteiger partial charge in [-0.05, 0) is 60.6 Å². The van der Waals surface area contributed by atoms with Gasteiger partial charge in [-0.3, -0.25) is 4.98 Å². The number of carboxylic acid groups (broad SMARTS) is 1. The minimum atomic E-state index is -1.02. The molecule has 2 N–H and O–H groups in total. The zero-order chi connectivity index (χ0) is 20.2. The van der Waals surface area contributed by atoms with Crippen molar-refractivity contribution in [3.8, 4) is 11.1 Å². The van der Waals surface area contributed by atoms with Crippen LogP contribution in [0.5, 0.6) is 0 Å². The molecule has 0 saturated heterocycles. The zero-order valence-electron chi connectivity index (χ0n) is 16.6. The van der Waals surface area contributed by atoms with Gasteiger partial charge in [0.25, 0.3) is 0 Å². The lowest BCUT2D eigenvalue weighted by atomic mass is 9.83. The molecule has 0 spiro atoms. The van der Waals surface area contributed by atoms with Gasteiger partial charge in [-0.25, -0.2) is 14.8 Å². The smallest absolute Gasteiger partial charge is 0.405 e. The summed E-state index contributed by atoms with van der Waals surface area (Å²) in [7, 11) is 0. The largest absolute Gasteiger partial charge is 0.465 e.